The van der Waals surface area contributed by atoms with Gasteiger partial charge in [-0.15, -0.1) is 0 Å². The molecule has 0 spiro atoms. The second-order valence-electron chi connectivity index (χ2n) is 5.89. The van der Waals surface area contributed by atoms with Crippen molar-refractivity contribution >= 4 is 5.91 Å². The Balaban J connectivity index is 1.65. The molecule has 3 rings (SSSR count). The predicted octanol–water partition coefficient (Wildman–Crippen LogP) is 1.22. The zero-order valence-corrected chi connectivity index (χ0v) is 13.6. The van der Waals surface area contributed by atoms with Crippen LogP contribution in [0.5, 0.6) is 0 Å². The summed E-state index contributed by atoms with van der Waals surface area (Å²) in [6.07, 6.45) is 7.69. The number of hydrogen-bond acceptors (Lipinski definition) is 4. The van der Waals surface area contributed by atoms with Crippen LogP contribution in [-0.2, 0) is 29.5 Å². The highest BCUT2D eigenvalue weighted by molar-refractivity contribution is 5.78. The standard InChI is InChI=1S/C16H23N5O2/c1-3-21-11-12(10-17-21)16-14(5-4-8-23-16)18-15(22)9-13-6-7-20(2)19-13/h6-7,10-11,14,16H,3-5,8-9H2,1-2H3,(H,18,22)/t14-,16+/m0/s1. The molecule has 2 aromatic heterocycles. The minimum Gasteiger partial charge on any atom is -0.371 e. The summed E-state index contributed by atoms with van der Waals surface area (Å²) in [5.74, 6) is -0.0212. The number of carbonyl (C=O) groups excluding carboxylic acids is 1. The van der Waals surface area contributed by atoms with Gasteiger partial charge >= 0.3 is 0 Å². The molecular formula is C16H23N5O2. The normalized spacial score (nSPS) is 21.3. The molecule has 1 N–H and O–H groups in total. The van der Waals surface area contributed by atoms with Crippen molar-refractivity contribution in [1.82, 2.24) is 24.9 Å². The maximum Gasteiger partial charge on any atom is 0.226 e. The molecule has 7 heteroatoms. The van der Waals surface area contributed by atoms with Gasteiger partial charge in [0.05, 0.1) is 24.4 Å². The van der Waals surface area contributed by atoms with Gasteiger partial charge in [0.1, 0.15) is 6.10 Å². The van der Waals surface area contributed by atoms with Crippen LogP contribution >= 0.6 is 0 Å². The minimum absolute atomic E-state index is 0.0190. The van der Waals surface area contributed by atoms with Crippen molar-refractivity contribution in [2.75, 3.05) is 6.61 Å². The van der Waals surface area contributed by atoms with Crippen molar-refractivity contribution in [2.45, 2.75) is 44.9 Å². The van der Waals surface area contributed by atoms with E-state index < -0.39 is 0 Å². The zero-order chi connectivity index (χ0) is 16.2. The molecule has 23 heavy (non-hydrogen) atoms. The van der Waals surface area contributed by atoms with Crippen molar-refractivity contribution in [2.24, 2.45) is 7.05 Å². The minimum atomic E-state index is -0.128. The Kier molecular flexibility index (Phi) is 4.76. The van der Waals surface area contributed by atoms with Gasteiger partial charge in [-0.05, 0) is 25.8 Å². The van der Waals surface area contributed by atoms with E-state index in [1.807, 2.05) is 43.3 Å². The lowest BCUT2D eigenvalue weighted by atomic mass is 9.98. The highest BCUT2D eigenvalue weighted by Gasteiger charge is 2.29. The molecule has 3 heterocycles. The van der Waals surface area contributed by atoms with E-state index in [2.05, 4.69) is 15.5 Å². The number of carbonyl (C=O) groups is 1. The van der Waals surface area contributed by atoms with E-state index in [-0.39, 0.29) is 24.5 Å². The number of nitrogens with zero attached hydrogens (tertiary/aromatic N) is 4. The fourth-order valence-corrected chi connectivity index (χ4v) is 2.94. The Hall–Kier alpha value is -2.15. The molecule has 1 aliphatic heterocycles. The molecular weight excluding hydrogens is 294 g/mol. The highest BCUT2D eigenvalue weighted by atomic mass is 16.5. The van der Waals surface area contributed by atoms with E-state index in [0.717, 1.165) is 30.6 Å². The average molecular weight is 317 g/mol. The predicted molar refractivity (Wildman–Crippen MR) is 84.7 cm³/mol. The quantitative estimate of drug-likeness (QED) is 0.900. The molecule has 1 amide bonds. The lowest BCUT2D eigenvalue weighted by Gasteiger charge is -2.31. The van der Waals surface area contributed by atoms with E-state index in [9.17, 15) is 4.79 Å². The van der Waals surface area contributed by atoms with Crippen molar-refractivity contribution in [3.63, 3.8) is 0 Å². The fourth-order valence-electron chi connectivity index (χ4n) is 2.94. The molecule has 1 fully saturated rings. The Labute approximate surface area is 135 Å². The van der Waals surface area contributed by atoms with Crippen LogP contribution in [0.4, 0.5) is 0 Å². The van der Waals surface area contributed by atoms with Crippen LogP contribution in [0.1, 0.15) is 37.1 Å². The number of aromatic nitrogens is 4. The second kappa shape index (κ2) is 6.95. The molecule has 7 nitrogen and oxygen atoms in total. The molecule has 1 aliphatic rings. The summed E-state index contributed by atoms with van der Waals surface area (Å²) in [7, 11) is 1.85. The van der Waals surface area contributed by atoms with Gasteiger partial charge in [0.25, 0.3) is 0 Å². The van der Waals surface area contributed by atoms with Gasteiger partial charge in [-0.25, -0.2) is 0 Å². The summed E-state index contributed by atoms with van der Waals surface area (Å²) in [6.45, 7) is 3.59. The van der Waals surface area contributed by atoms with Crippen molar-refractivity contribution in [3.05, 3.63) is 35.9 Å². The van der Waals surface area contributed by atoms with Crippen LogP contribution in [0.2, 0.25) is 0 Å². The maximum atomic E-state index is 12.3. The van der Waals surface area contributed by atoms with Gasteiger partial charge in [0.2, 0.25) is 5.91 Å². The van der Waals surface area contributed by atoms with Gasteiger partial charge in [-0.2, -0.15) is 10.2 Å². The first-order valence-corrected chi connectivity index (χ1v) is 8.07. The lowest BCUT2D eigenvalue weighted by Crippen LogP contribution is -2.43. The third kappa shape index (κ3) is 3.79. The van der Waals surface area contributed by atoms with Crippen molar-refractivity contribution in [3.8, 4) is 0 Å². The third-order valence-electron chi connectivity index (χ3n) is 4.08. The Morgan fingerprint density at radius 2 is 2.39 bits per heavy atom. The number of nitrogens with one attached hydrogen (secondary N) is 1. The average Bonchev–Trinajstić information content (AvgIpc) is 3.17. The first-order valence-electron chi connectivity index (χ1n) is 8.07. The number of amides is 1. The summed E-state index contributed by atoms with van der Waals surface area (Å²) in [6, 6.07) is 1.84. The summed E-state index contributed by atoms with van der Waals surface area (Å²) < 4.78 is 9.48. The van der Waals surface area contributed by atoms with E-state index in [0.29, 0.717) is 6.61 Å². The Morgan fingerprint density at radius 3 is 3.09 bits per heavy atom. The van der Waals surface area contributed by atoms with Crippen LogP contribution < -0.4 is 5.32 Å². The monoisotopic (exact) mass is 317 g/mol. The number of aryl methyl sites for hydroxylation is 2. The Morgan fingerprint density at radius 1 is 1.52 bits per heavy atom. The van der Waals surface area contributed by atoms with Crippen LogP contribution in [0.3, 0.4) is 0 Å². The summed E-state index contributed by atoms with van der Waals surface area (Å²) >= 11 is 0. The molecule has 1 saturated heterocycles. The highest BCUT2D eigenvalue weighted by Crippen LogP contribution is 2.28. The molecule has 0 aliphatic carbocycles. The number of hydrogen-bond donors (Lipinski definition) is 1. The van der Waals surface area contributed by atoms with Crippen molar-refractivity contribution in [1.29, 1.82) is 0 Å². The van der Waals surface area contributed by atoms with E-state index in [4.69, 9.17) is 4.74 Å². The van der Waals surface area contributed by atoms with Gasteiger partial charge in [-0.3, -0.25) is 14.2 Å². The molecule has 2 aromatic rings. The van der Waals surface area contributed by atoms with Gasteiger partial charge in [-0.1, -0.05) is 0 Å². The molecule has 0 saturated carbocycles. The molecule has 0 bridgehead atoms. The fraction of sp³-hybridized carbons (Fsp3) is 0.562. The molecule has 124 valence electrons. The summed E-state index contributed by atoms with van der Waals surface area (Å²) in [5, 5.41) is 11.7. The third-order valence-corrected chi connectivity index (χ3v) is 4.08. The summed E-state index contributed by atoms with van der Waals surface area (Å²) in [5.41, 5.74) is 1.80. The van der Waals surface area contributed by atoms with E-state index in [1.54, 1.807) is 4.68 Å². The van der Waals surface area contributed by atoms with E-state index >= 15 is 0 Å². The van der Waals surface area contributed by atoms with Crippen LogP contribution in [0.25, 0.3) is 0 Å². The zero-order valence-electron chi connectivity index (χ0n) is 13.6. The first kappa shape index (κ1) is 15.7. The lowest BCUT2D eigenvalue weighted by molar-refractivity contribution is -0.123. The molecule has 0 aromatic carbocycles. The van der Waals surface area contributed by atoms with Gasteiger partial charge in [0.15, 0.2) is 0 Å². The molecule has 0 radical (unpaired) electrons. The summed E-state index contributed by atoms with van der Waals surface area (Å²) in [4.78, 5) is 12.3. The number of ether oxygens (including phenoxy) is 1. The maximum absolute atomic E-state index is 12.3. The molecule has 0 unspecified atom stereocenters. The smallest absolute Gasteiger partial charge is 0.226 e. The second-order valence-corrected chi connectivity index (χ2v) is 5.89. The van der Waals surface area contributed by atoms with E-state index in [1.165, 1.54) is 0 Å². The topological polar surface area (TPSA) is 74.0 Å². The van der Waals surface area contributed by atoms with Gasteiger partial charge in [0, 0.05) is 38.2 Å². The molecule has 2 atom stereocenters. The largest absolute Gasteiger partial charge is 0.371 e. The van der Waals surface area contributed by atoms with Gasteiger partial charge < -0.3 is 10.1 Å². The van der Waals surface area contributed by atoms with Crippen LogP contribution in [0, 0.1) is 0 Å². The number of rotatable bonds is 5. The first-order chi connectivity index (χ1) is 11.2. The van der Waals surface area contributed by atoms with Crippen LogP contribution in [0.15, 0.2) is 24.7 Å². The van der Waals surface area contributed by atoms with Crippen LogP contribution in [-0.4, -0.2) is 38.1 Å². The SMILES string of the molecule is CCn1cc([C@H]2OCCC[C@@H]2NC(=O)Cc2ccn(C)n2)cn1. The van der Waals surface area contributed by atoms with Crippen molar-refractivity contribution < 1.29 is 9.53 Å². The Bertz CT molecular complexity index is 663.